The largest absolute Gasteiger partial charge is 0.129 e. The minimum Gasteiger partial charge on any atom is -0.129 e. The van der Waals surface area contributed by atoms with Gasteiger partial charge in [0, 0.05) is 6.42 Å². The van der Waals surface area contributed by atoms with Gasteiger partial charge in [0.15, 0.2) is 0 Å². The molecule has 0 aliphatic carbocycles. The minimum absolute atomic E-state index is 1.01. The summed E-state index contributed by atoms with van der Waals surface area (Å²) in [5, 5.41) is 0. The second-order valence-corrected chi connectivity index (χ2v) is 4.67. The lowest BCUT2D eigenvalue weighted by Gasteiger charge is -2.04. The predicted octanol–water partition coefficient (Wildman–Crippen LogP) is 4.55. The van der Waals surface area contributed by atoms with Crippen molar-refractivity contribution in [1.29, 1.82) is 0 Å². The van der Waals surface area contributed by atoms with Crippen molar-refractivity contribution in [3.8, 4) is 0 Å². The van der Waals surface area contributed by atoms with Crippen LogP contribution in [0.2, 0.25) is 0 Å². The maximum Gasteiger partial charge on any atom is 0.000892 e. The predicted molar refractivity (Wildman–Crippen MR) is 75.5 cm³/mol. The Kier molecular flexibility index (Phi) is 6.45. The van der Waals surface area contributed by atoms with Crippen molar-refractivity contribution < 1.29 is 0 Å². The van der Waals surface area contributed by atoms with Crippen LogP contribution >= 0.6 is 22.6 Å². The van der Waals surface area contributed by atoms with Gasteiger partial charge in [0.05, 0.1) is 0 Å². The van der Waals surface area contributed by atoms with E-state index in [2.05, 4.69) is 65.2 Å². The Balaban J connectivity index is 2.45. The summed E-state index contributed by atoms with van der Waals surface area (Å²) in [6.07, 6.45) is 4.70. The highest BCUT2D eigenvalue weighted by Gasteiger charge is 1.98. The Morgan fingerprint density at radius 1 is 1.20 bits per heavy atom. The first kappa shape index (κ1) is 12.5. The van der Waals surface area contributed by atoms with E-state index in [1.165, 1.54) is 28.4 Å². The summed E-state index contributed by atoms with van der Waals surface area (Å²) in [5.41, 5.74) is 5.77. The zero-order valence-electron chi connectivity index (χ0n) is 9.01. The van der Waals surface area contributed by atoms with Gasteiger partial charge < -0.3 is 0 Å². The highest BCUT2D eigenvalue weighted by atomic mass is 127. The maximum absolute atomic E-state index is 3.77. The molecule has 0 aromatic heterocycles. The van der Waals surface area contributed by atoms with Gasteiger partial charge in [-0.25, -0.2) is 0 Å². The third kappa shape index (κ3) is 5.19. The molecular formula is C14H17I. The van der Waals surface area contributed by atoms with Crippen LogP contribution in [0.15, 0.2) is 48.2 Å². The Labute approximate surface area is 106 Å². The summed E-state index contributed by atoms with van der Waals surface area (Å²) in [4.78, 5) is 0. The summed E-state index contributed by atoms with van der Waals surface area (Å²) in [7, 11) is 0. The molecule has 0 spiro atoms. The van der Waals surface area contributed by atoms with Gasteiger partial charge in [-0.15, -0.1) is 5.73 Å². The van der Waals surface area contributed by atoms with Crippen LogP contribution in [0.4, 0.5) is 0 Å². The molecule has 0 aliphatic rings. The van der Waals surface area contributed by atoms with Crippen LogP contribution < -0.4 is 0 Å². The zero-order chi connectivity index (χ0) is 10.9. The molecule has 0 saturated carbocycles. The zero-order valence-corrected chi connectivity index (χ0v) is 11.2. The van der Waals surface area contributed by atoms with Crippen LogP contribution in [-0.4, -0.2) is 4.43 Å². The molecule has 80 valence electrons. The Hall–Kier alpha value is -0.530. The van der Waals surface area contributed by atoms with Gasteiger partial charge in [-0.1, -0.05) is 59.5 Å². The lowest BCUT2D eigenvalue weighted by Crippen LogP contribution is -1.90. The molecule has 0 aliphatic heterocycles. The van der Waals surface area contributed by atoms with Crippen LogP contribution in [0.3, 0.4) is 0 Å². The Morgan fingerprint density at radius 3 is 2.53 bits per heavy atom. The quantitative estimate of drug-likeness (QED) is 0.313. The standard InChI is InChI=1S/C14H17I/c1-2-13(8-6-7-11-15)12-14-9-4-3-5-10-14/h3-5,9-10H,1,6-8,11-12H2. The third-order valence-corrected chi connectivity index (χ3v) is 3.14. The van der Waals surface area contributed by atoms with Crippen molar-refractivity contribution in [3.05, 3.63) is 53.8 Å². The molecule has 1 aromatic rings. The van der Waals surface area contributed by atoms with E-state index in [4.69, 9.17) is 0 Å². The van der Waals surface area contributed by atoms with E-state index in [0.29, 0.717) is 0 Å². The fourth-order valence-electron chi connectivity index (χ4n) is 1.51. The molecule has 0 saturated heterocycles. The molecule has 1 heteroatoms. The topological polar surface area (TPSA) is 0 Å². The number of hydrogen-bond donors (Lipinski definition) is 0. The summed E-state index contributed by atoms with van der Waals surface area (Å²) in [6.45, 7) is 3.77. The summed E-state index contributed by atoms with van der Waals surface area (Å²) < 4.78 is 1.24. The van der Waals surface area contributed by atoms with E-state index in [1.54, 1.807) is 0 Å². The molecule has 0 bridgehead atoms. The van der Waals surface area contributed by atoms with E-state index in [-0.39, 0.29) is 0 Å². The van der Waals surface area contributed by atoms with E-state index in [9.17, 15) is 0 Å². The number of benzene rings is 1. The van der Waals surface area contributed by atoms with Crippen LogP contribution in [0.25, 0.3) is 0 Å². The van der Waals surface area contributed by atoms with E-state index >= 15 is 0 Å². The van der Waals surface area contributed by atoms with E-state index in [1.807, 2.05) is 0 Å². The monoisotopic (exact) mass is 312 g/mol. The van der Waals surface area contributed by atoms with E-state index < -0.39 is 0 Å². The number of rotatable bonds is 6. The molecular weight excluding hydrogens is 295 g/mol. The van der Waals surface area contributed by atoms with Crippen LogP contribution in [-0.2, 0) is 6.42 Å². The number of alkyl halides is 1. The number of hydrogen-bond acceptors (Lipinski definition) is 0. The molecule has 0 unspecified atom stereocenters. The molecule has 0 radical (unpaired) electrons. The molecule has 0 atom stereocenters. The molecule has 1 rings (SSSR count). The lowest BCUT2D eigenvalue weighted by molar-refractivity contribution is 0.785. The van der Waals surface area contributed by atoms with Crippen molar-refractivity contribution in [2.75, 3.05) is 4.43 Å². The van der Waals surface area contributed by atoms with Gasteiger partial charge in [0.1, 0.15) is 0 Å². The Morgan fingerprint density at radius 2 is 1.93 bits per heavy atom. The summed E-state index contributed by atoms with van der Waals surface area (Å²) in [5.74, 6) is 0. The third-order valence-electron chi connectivity index (χ3n) is 2.37. The average Bonchev–Trinajstić information content (AvgIpc) is 2.29. The molecule has 1 aromatic carbocycles. The molecule has 0 fully saturated rings. The number of halogens is 1. The average molecular weight is 312 g/mol. The van der Waals surface area contributed by atoms with Crippen molar-refractivity contribution >= 4 is 22.6 Å². The number of unbranched alkanes of at least 4 members (excludes halogenated alkanes) is 1. The number of allylic oxidation sites excluding steroid dienone is 1. The van der Waals surface area contributed by atoms with Crippen LogP contribution in [0.5, 0.6) is 0 Å². The van der Waals surface area contributed by atoms with Gasteiger partial charge in [-0.2, -0.15) is 0 Å². The van der Waals surface area contributed by atoms with Crippen LogP contribution in [0.1, 0.15) is 24.8 Å². The molecule has 15 heavy (non-hydrogen) atoms. The summed E-state index contributed by atoms with van der Waals surface area (Å²) in [6, 6.07) is 10.5. The lowest BCUT2D eigenvalue weighted by atomic mass is 10.0. The smallest absolute Gasteiger partial charge is 0.000892 e. The normalized spacial score (nSPS) is 9.67. The molecule has 0 heterocycles. The first-order valence-corrected chi connectivity index (χ1v) is 6.87. The van der Waals surface area contributed by atoms with Gasteiger partial charge in [-0.05, 0) is 34.8 Å². The fraction of sp³-hybridized carbons (Fsp3) is 0.357. The second kappa shape index (κ2) is 7.72. The van der Waals surface area contributed by atoms with Gasteiger partial charge in [0.2, 0.25) is 0 Å². The van der Waals surface area contributed by atoms with Crippen molar-refractivity contribution in [1.82, 2.24) is 0 Å². The SMILES string of the molecule is C=C=C(CCCCI)Cc1ccccc1. The molecule has 0 N–H and O–H groups in total. The fourth-order valence-corrected chi connectivity index (χ4v) is 2.05. The van der Waals surface area contributed by atoms with Crippen molar-refractivity contribution in [2.24, 2.45) is 0 Å². The first-order chi connectivity index (χ1) is 7.36. The van der Waals surface area contributed by atoms with Crippen molar-refractivity contribution in [3.63, 3.8) is 0 Å². The highest BCUT2D eigenvalue weighted by Crippen LogP contribution is 2.13. The van der Waals surface area contributed by atoms with E-state index in [0.717, 1.165) is 12.8 Å². The van der Waals surface area contributed by atoms with Gasteiger partial charge in [-0.3, -0.25) is 0 Å². The highest BCUT2D eigenvalue weighted by molar-refractivity contribution is 14.1. The van der Waals surface area contributed by atoms with Crippen molar-refractivity contribution in [2.45, 2.75) is 25.7 Å². The first-order valence-electron chi connectivity index (χ1n) is 5.34. The second-order valence-electron chi connectivity index (χ2n) is 3.59. The molecule has 0 nitrogen and oxygen atoms in total. The van der Waals surface area contributed by atoms with Crippen LogP contribution in [0, 0.1) is 0 Å². The maximum atomic E-state index is 3.77. The van der Waals surface area contributed by atoms with Gasteiger partial charge >= 0.3 is 0 Å². The van der Waals surface area contributed by atoms with Gasteiger partial charge in [0.25, 0.3) is 0 Å². The summed E-state index contributed by atoms with van der Waals surface area (Å²) >= 11 is 2.42. The Bertz CT molecular complexity index is 320. The molecule has 0 amide bonds. The minimum atomic E-state index is 1.01.